The van der Waals surface area contributed by atoms with E-state index in [0.717, 1.165) is 32.4 Å². The zero-order valence-electron chi connectivity index (χ0n) is 15.0. The summed E-state index contributed by atoms with van der Waals surface area (Å²) in [6.07, 6.45) is 2.86. The number of para-hydroxylation sites is 2. The third-order valence-corrected chi connectivity index (χ3v) is 5.32. The van der Waals surface area contributed by atoms with Gasteiger partial charge in [-0.15, -0.1) is 0 Å². The van der Waals surface area contributed by atoms with Gasteiger partial charge in [-0.25, -0.2) is 0 Å². The molecule has 1 saturated heterocycles. The number of rotatable bonds is 7. The molecule has 0 aliphatic carbocycles. The fraction of sp³-hybridized carbons (Fsp3) is 0.632. The Morgan fingerprint density at radius 1 is 1.33 bits per heavy atom. The number of piperidine rings is 1. The van der Waals surface area contributed by atoms with Crippen molar-refractivity contribution in [3.8, 4) is 5.75 Å². The molecule has 1 fully saturated rings. The van der Waals surface area contributed by atoms with Crippen molar-refractivity contribution >= 4 is 11.6 Å². The summed E-state index contributed by atoms with van der Waals surface area (Å²) in [5, 5.41) is 12.6. The van der Waals surface area contributed by atoms with Crippen LogP contribution in [0.1, 0.15) is 40.0 Å². The van der Waals surface area contributed by atoms with Crippen LogP contribution < -0.4 is 10.1 Å². The van der Waals surface area contributed by atoms with Gasteiger partial charge in [0, 0.05) is 6.61 Å². The first-order valence-corrected chi connectivity index (χ1v) is 8.93. The standard InChI is InChI=1S/C19H30N2O3/c1-4-19(14-22)10-12-21(13-11-19)15(3)18(23)20-16-8-6-7-9-17(16)24-5-2/h6-9,15,22H,4-5,10-14H2,1-3H3,(H,20,23). The van der Waals surface area contributed by atoms with E-state index in [9.17, 15) is 9.90 Å². The largest absolute Gasteiger partial charge is 0.492 e. The normalized spacial score (nSPS) is 18.8. The number of likely N-dealkylation sites (tertiary alicyclic amines) is 1. The fourth-order valence-corrected chi connectivity index (χ4v) is 3.26. The molecule has 1 aromatic carbocycles. The molecule has 2 rings (SSSR count). The van der Waals surface area contributed by atoms with E-state index in [2.05, 4.69) is 17.1 Å². The smallest absolute Gasteiger partial charge is 0.241 e. The summed E-state index contributed by atoms with van der Waals surface area (Å²) in [5.74, 6) is 0.680. The molecule has 1 amide bonds. The van der Waals surface area contributed by atoms with Crippen LogP contribution in [0.3, 0.4) is 0 Å². The Morgan fingerprint density at radius 3 is 2.58 bits per heavy atom. The van der Waals surface area contributed by atoms with Gasteiger partial charge in [0.05, 0.1) is 18.3 Å². The van der Waals surface area contributed by atoms with Crippen molar-refractivity contribution in [3.05, 3.63) is 24.3 Å². The number of nitrogens with one attached hydrogen (secondary N) is 1. The summed E-state index contributed by atoms with van der Waals surface area (Å²) in [5.41, 5.74) is 0.750. The number of hydrogen-bond donors (Lipinski definition) is 2. The Bertz CT molecular complexity index is 533. The Kier molecular flexibility index (Phi) is 6.63. The Balaban J connectivity index is 1.96. The van der Waals surface area contributed by atoms with E-state index < -0.39 is 0 Å². The maximum Gasteiger partial charge on any atom is 0.241 e. The molecular formula is C19H30N2O3. The number of hydrogen-bond acceptors (Lipinski definition) is 4. The average molecular weight is 334 g/mol. The predicted octanol–water partition coefficient (Wildman–Crippen LogP) is 2.90. The predicted molar refractivity (Wildman–Crippen MR) is 96.3 cm³/mol. The minimum absolute atomic E-state index is 0.0184. The van der Waals surface area contributed by atoms with Crippen molar-refractivity contribution in [1.29, 1.82) is 0 Å². The van der Waals surface area contributed by atoms with Gasteiger partial charge in [0.1, 0.15) is 5.75 Å². The number of amides is 1. The van der Waals surface area contributed by atoms with Crippen LogP contribution in [-0.2, 0) is 4.79 Å². The lowest BCUT2D eigenvalue weighted by molar-refractivity contribution is -0.121. The molecule has 5 heteroatoms. The van der Waals surface area contributed by atoms with E-state index in [1.807, 2.05) is 38.1 Å². The first kappa shape index (κ1) is 18.7. The molecule has 1 atom stereocenters. The first-order chi connectivity index (χ1) is 11.5. The van der Waals surface area contributed by atoms with Gasteiger partial charge in [0.25, 0.3) is 0 Å². The molecule has 1 aliphatic heterocycles. The highest BCUT2D eigenvalue weighted by Crippen LogP contribution is 2.35. The van der Waals surface area contributed by atoms with Crippen molar-refractivity contribution in [3.63, 3.8) is 0 Å². The molecule has 1 unspecified atom stereocenters. The van der Waals surface area contributed by atoms with Gasteiger partial charge in [-0.3, -0.25) is 9.69 Å². The van der Waals surface area contributed by atoms with E-state index in [0.29, 0.717) is 18.0 Å². The minimum Gasteiger partial charge on any atom is -0.492 e. The van der Waals surface area contributed by atoms with Crippen LogP contribution in [0.2, 0.25) is 0 Å². The molecule has 5 nitrogen and oxygen atoms in total. The Hall–Kier alpha value is -1.59. The second kappa shape index (κ2) is 8.49. The third kappa shape index (κ3) is 4.28. The second-order valence-electron chi connectivity index (χ2n) is 6.64. The molecule has 0 bridgehead atoms. The van der Waals surface area contributed by atoms with Crippen LogP contribution in [0.4, 0.5) is 5.69 Å². The molecule has 0 spiro atoms. The highest BCUT2D eigenvalue weighted by molar-refractivity contribution is 5.95. The van der Waals surface area contributed by atoms with Crippen molar-refractivity contribution < 1.29 is 14.6 Å². The first-order valence-electron chi connectivity index (χ1n) is 8.93. The van der Waals surface area contributed by atoms with Gasteiger partial charge in [-0.1, -0.05) is 19.1 Å². The van der Waals surface area contributed by atoms with Crippen LogP contribution in [-0.4, -0.2) is 48.3 Å². The van der Waals surface area contributed by atoms with Crippen LogP contribution in [0, 0.1) is 5.41 Å². The Labute approximate surface area is 145 Å². The molecule has 0 radical (unpaired) electrons. The minimum atomic E-state index is -0.201. The molecule has 1 aliphatic rings. The molecule has 0 aromatic heterocycles. The molecule has 24 heavy (non-hydrogen) atoms. The van der Waals surface area contributed by atoms with E-state index in [1.165, 1.54) is 0 Å². The summed E-state index contributed by atoms with van der Waals surface area (Å²) in [4.78, 5) is 14.8. The maximum absolute atomic E-state index is 12.6. The van der Waals surface area contributed by atoms with Crippen molar-refractivity contribution in [2.24, 2.45) is 5.41 Å². The lowest BCUT2D eigenvalue weighted by Gasteiger charge is -2.42. The lowest BCUT2D eigenvalue weighted by Crippen LogP contribution is -2.49. The van der Waals surface area contributed by atoms with Crippen LogP contribution in [0.15, 0.2) is 24.3 Å². The highest BCUT2D eigenvalue weighted by Gasteiger charge is 2.35. The number of benzene rings is 1. The van der Waals surface area contributed by atoms with Gasteiger partial charge in [-0.05, 0) is 63.7 Å². The average Bonchev–Trinajstić information content (AvgIpc) is 2.63. The van der Waals surface area contributed by atoms with E-state index >= 15 is 0 Å². The molecule has 1 aromatic rings. The molecule has 134 valence electrons. The van der Waals surface area contributed by atoms with Crippen molar-refractivity contribution in [2.75, 3.05) is 31.6 Å². The van der Waals surface area contributed by atoms with Crippen LogP contribution >= 0.6 is 0 Å². The number of aliphatic hydroxyl groups excluding tert-OH is 1. The van der Waals surface area contributed by atoms with Gasteiger partial charge < -0.3 is 15.2 Å². The van der Waals surface area contributed by atoms with E-state index in [4.69, 9.17) is 4.74 Å². The monoisotopic (exact) mass is 334 g/mol. The van der Waals surface area contributed by atoms with Gasteiger partial charge in [0.2, 0.25) is 5.91 Å². The molecular weight excluding hydrogens is 304 g/mol. The van der Waals surface area contributed by atoms with Crippen LogP contribution in [0.25, 0.3) is 0 Å². The zero-order chi connectivity index (χ0) is 17.6. The number of aliphatic hydroxyl groups is 1. The SMILES string of the molecule is CCOc1ccccc1NC(=O)C(C)N1CCC(CC)(CO)CC1. The summed E-state index contributed by atoms with van der Waals surface area (Å²) in [6.45, 7) is 8.49. The number of nitrogens with zero attached hydrogens (tertiary/aromatic N) is 1. The van der Waals surface area contributed by atoms with Gasteiger partial charge >= 0.3 is 0 Å². The number of carbonyl (C=O) groups excluding carboxylic acids is 1. The molecule has 2 N–H and O–H groups in total. The van der Waals surface area contributed by atoms with Gasteiger partial charge in [0.15, 0.2) is 0 Å². The van der Waals surface area contributed by atoms with Gasteiger partial charge in [-0.2, -0.15) is 0 Å². The third-order valence-electron chi connectivity index (χ3n) is 5.32. The van der Waals surface area contributed by atoms with Crippen molar-refractivity contribution in [1.82, 2.24) is 4.90 Å². The van der Waals surface area contributed by atoms with Crippen molar-refractivity contribution in [2.45, 2.75) is 46.1 Å². The number of anilines is 1. The number of ether oxygens (including phenoxy) is 1. The van der Waals surface area contributed by atoms with Crippen LogP contribution in [0.5, 0.6) is 5.75 Å². The van der Waals surface area contributed by atoms with E-state index in [-0.39, 0.29) is 24.0 Å². The van der Waals surface area contributed by atoms with E-state index in [1.54, 1.807) is 0 Å². The summed E-state index contributed by atoms with van der Waals surface area (Å²) >= 11 is 0. The quantitative estimate of drug-likeness (QED) is 0.805. The molecule has 0 saturated carbocycles. The highest BCUT2D eigenvalue weighted by atomic mass is 16.5. The topological polar surface area (TPSA) is 61.8 Å². The zero-order valence-corrected chi connectivity index (χ0v) is 15.0. The summed E-state index contributed by atoms with van der Waals surface area (Å²) < 4.78 is 5.56. The molecule has 1 heterocycles. The Morgan fingerprint density at radius 2 is 2.00 bits per heavy atom. The second-order valence-corrected chi connectivity index (χ2v) is 6.64. The lowest BCUT2D eigenvalue weighted by atomic mass is 9.76. The summed E-state index contributed by atoms with van der Waals surface area (Å²) in [7, 11) is 0. The number of carbonyl (C=O) groups is 1. The maximum atomic E-state index is 12.6. The summed E-state index contributed by atoms with van der Waals surface area (Å²) in [6, 6.07) is 7.31. The fourth-order valence-electron chi connectivity index (χ4n) is 3.26.